The second-order valence-corrected chi connectivity index (χ2v) is 9.39. The highest BCUT2D eigenvalue weighted by Crippen LogP contribution is 2.37. The van der Waals surface area contributed by atoms with E-state index in [2.05, 4.69) is 4.98 Å². The molecule has 0 aliphatic carbocycles. The zero-order chi connectivity index (χ0) is 18.3. The van der Waals surface area contributed by atoms with Gasteiger partial charge in [0.15, 0.2) is 0 Å². The molecule has 1 fully saturated rings. The minimum absolute atomic E-state index is 0.0239. The quantitative estimate of drug-likeness (QED) is 0.746. The number of nitrogens with zero attached hydrogens (tertiary/aromatic N) is 2. The molecule has 136 valence electrons. The first-order chi connectivity index (χ1) is 12.5. The van der Waals surface area contributed by atoms with Crippen molar-refractivity contribution >= 4 is 32.3 Å². The number of sulfonamides is 1. The van der Waals surface area contributed by atoms with Crippen LogP contribution in [0.25, 0.3) is 10.9 Å². The highest BCUT2D eigenvalue weighted by atomic mass is 32.2. The maximum absolute atomic E-state index is 13.4. The first kappa shape index (κ1) is 17.6. The van der Waals surface area contributed by atoms with Gasteiger partial charge in [-0.15, -0.1) is 0 Å². The molecule has 0 amide bonds. The van der Waals surface area contributed by atoms with Gasteiger partial charge in [-0.3, -0.25) is 4.98 Å². The Morgan fingerprint density at radius 1 is 1.27 bits per heavy atom. The van der Waals surface area contributed by atoms with E-state index in [0.717, 1.165) is 11.1 Å². The molecule has 26 heavy (non-hydrogen) atoms. The summed E-state index contributed by atoms with van der Waals surface area (Å²) in [5.41, 5.74) is 2.76. The van der Waals surface area contributed by atoms with Gasteiger partial charge in [0.1, 0.15) is 0 Å². The number of fused-ring (bicyclic) bond motifs is 1. The van der Waals surface area contributed by atoms with Gasteiger partial charge in [0, 0.05) is 43.1 Å². The van der Waals surface area contributed by atoms with Crippen molar-refractivity contribution < 1.29 is 13.5 Å². The number of aliphatic hydroxyl groups is 1. The third kappa shape index (κ3) is 2.85. The average molecular weight is 389 g/mol. The summed E-state index contributed by atoms with van der Waals surface area (Å²) in [7, 11) is -3.66. The summed E-state index contributed by atoms with van der Waals surface area (Å²) in [5, 5.41) is 14.4. The number of hydrogen-bond donors (Lipinski definition) is 1. The number of thiophene rings is 1. The molecule has 0 spiro atoms. The Morgan fingerprint density at radius 3 is 2.85 bits per heavy atom. The largest absolute Gasteiger partial charge is 0.396 e. The van der Waals surface area contributed by atoms with Crippen molar-refractivity contribution in [2.24, 2.45) is 5.92 Å². The van der Waals surface area contributed by atoms with Crippen LogP contribution in [-0.4, -0.2) is 42.5 Å². The number of aromatic nitrogens is 1. The van der Waals surface area contributed by atoms with Crippen molar-refractivity contribution in [3.8, 4) is 0 Å². The number of hydrogen-bond acceptors (Lipinski definition) is 5. The molecule has 0 bridgehead atoms. The van der Waals surface area contributed by atoms with E-state index in [-0.39, 0.29) is 23.3 Å². The van der Waals surface area contributed by atoms with Crippen molar-refractivity contribution in [1.29, 1.82) is 0 Å². The Balaban J connectivity index is 1.75. The van der Waals surface area contributed by atoms with Gasteiger partial charge < -0.3 is 5.11 Å². The molecular weight excluding hydrogens is 368 g/mol. The lowest BCUT2D eigenvalue weighted by molar-refractivity contribution is 0.223. The standard InChI is InChI=1S/C19H20N2O3S2/c1-13-4-5-18(16-3-2-7-20-19(13)16)26(23,24)21-9-15(11-22)17(10-21)14-6-8-25-12-14/h2-8,12,15,17,22H,9-11H2,1H3/t15-,17-/m0/s1. The summed E-state index contributed by atoms with van der Waals surface area (Å²) < 4.78 is 28.2. The van der Waals surface area contributed by atoms with Crippen LogP contribution < -0.4 is 0 Å². The molecule has 2 atom stereocenters. The first-order valence-corrected chi connectivity index (χ1v) is 10.9. The monoisotopic (exact) mass is 388 g/mol. The fourth-order valence-corrected chi connectivity index (χ4v) is 6.16. The van der Waals surface area contributed by atoms with Gasteiger partial charge >= 0.3 is 0 Å². The SMILES string of the molecule is Cc1ccc(S(=O)(=O)N2C[C@@H](CO)[C@H](c3ccsc3)C2)c2cccnc12. The summed E-state index contributed by atoms with van der Waals surface area (Å²) in [6, 6.07) is 9.05. The molecule has 4 rings (SSSR count). The second-order valence-electron chi connectivity index (χ2n) is 6.71. The second kappa shape index (κ2) is 6.74. The third-order valence-electron chi connectivity index (χ3n) is 5.16. The van der Waals surface area contributed by atoms with E-state index in [1.54, 1.807) is 41.8 Å². The fraction of sp³-hybridized carbons (Fsp3) is 0.316. The lowest BCUT2D eigenvalue weighted by atomic mass is 9.92. The Hall–Kier alpha value is -1.80. The first-order valence-electron chi connectivity index (χ1n) is 8.50. The minimum Gasteiger partial charge on any atom is -0.396 e. The van der Waals surface area contributed by atoms with E-state index < -0.39 is 10.0 Å². The highest BCUT2D eigenvalue weighted by Gasteiger charge is 2.40. The van der Waals surface area contributed by atoms with Crippen LogP contribution in [-0.2, 0) is 10.0 Å². The molecular formula is C19H20N2O3S2. The normalized spacial score (nSPS) is 21.5. The summed E-state index contributed by atoms with van der Waals surface area (Å²) in [4.78, 5) is 4.63. The summed E-state index contributed by atoms with van der Waals surface area (Å²) in [6.07, 6.45) is 1.68. The molecule has 1 aliphatic heterocycles. The predicted octanol–water partition coefficient (Wildman–Crippen LogP) is 3.00. The van der Waals surface area contributed by atoms with Crippen molar-refractivity contribution in [3.05, 3.63) is 58.4 Å². The van der Waals surface area contributed by atoms with E-state index in [9.17, 15) is 13.5 Å². The summed E-state index contributed by atoms with van der Waals surface area (Å²) in [5.74, 6) is -0.0647. The van der Waals surface area contributed by atoms with E-state index in [1.807, 2.05) is 23.8 Å². The van der Waals surface area contributed by atoms with E-state index in [0.29, 0.717) is 24.0 Å². The molecule has 3 aromatic rings. The lowest BCUT2D eigenvalue weighted by Gasteiger charge is -2.18. The van der Waals surface area contributed by atoms with Gasteiger partial charge in [-0.25, -0.2) is 8.42 Å². The Kier molecular flexibility index (Phi) is 4.56. The van der Waals surface area contributed by atoms with Crippen LogP contribution in [0.15, 0.2) is 52.2 Å². The lowest BCUT2D eigenvalue weighted by Crippen LogP contribution is -2.29. The number of aryl methyl sites for hydroxylation is 1. The van der Waals surface area contributed by atoms with E-state index in [4.69, 9.17) is 0 Å². The molecule has 2 aromatic heterocycles. The highest BCUT2D eigenvalue weighted by molar-refractivity contribution is 7.89. The average Bonchev–Trinajstić information content (AvgIpc) is 3.31. The van der Waals surface area contributed by atoms with E-state index in [1.165, 1.54) is 4.31 Å². The molecule has 7 heteroatoms. The van der Waals surface area contributed by atoms with Gasteiger partial charge in [-0.05, 0) is 53.1 Å². The molecule has 1 aromatic carbocycles. The van der Waals surface area contributed by atoms with Crippen LogP contribution >= 0.6 is 11.3 Å². The maximum Gasteiger partial charge on any atom is 0.243 e. The molecule has 0 unspecified atom stereocenters. The van der Waals surface area contributed by atoms with Gasteiger partial charge in [0.05, 0.1) is 10.4 Å². The van der Waals surface area contributed by atoms with Gasteiger partial charge in [-0.1, -0.05) is 6.07 Å². The molecule has 3 heterocycles. The Bertz CT molecular complexity index is 1030. The molecule has 1 saturated heterocycles. The molecule has 0 saturated carbocycles. The van der Waals surface area contributed by atoms with Crippen molar-refractivity contribution in [3.63, 3.8) is 0 Å². The summed E-state index contributed by atoms with van der Waals surface area (Å²) in [6.45, 7) is 2.62. The maximum atomic E-state index is 13.4. The van der Waals surface area contributed by atoms with Gasteiger partial charge in [-0.2, -0.15) is 15.6 Å². The molecule has 1 aliphatic rings. The van der Waals surface area contributed by atoms with Gasteiger partial charge in [0.2, 0.25) is 10.0 Å². The van der Waals surface area contributed by atoms with Crippen LogP contribution in [0, 0.1) is 12.8 Å². The molecule has 1 N–H and O–H groups in total. The fourth-order valence-electron chi connectivity index (χ4n) is 3.73. The number of pyridine rings is 1. The topological polar surface area (TPSA) is 70.5 Å². The summed E-state index contributed by atoms with van der Waals surface area (Å²) >= 11 is 1.59. The number of rotatable bonds is 4. The van der Waals surface area contributed by atoms with Crippen molar-refractivity contribution in [1.82, 2.24) is 9.29 Å². The van der Waals surface area contributed by atoms with Crippen molar-refractivity contribution in [2.45, 2.75) is 17.7 Å². The van der Waals surface area contributed by atoms with Crippen LogP contribution in [0.4, 0.5) is 0 Å². The van der Waals surface area contributed by atoms with Gasteiger partial charge in [0.25, 0.3) is 0 Å². The minimum atomic E-state index is -3.66. The zero-order valence-corrected chi connectivity index (χ0v) is 16.0. The zero-order valence-electron chi connectivity index (χ0n) is 14.4. The van der Waals surface area contributed by atoms with Crippen molar-refractivity contribution in [2.75, 3.05) is 19.7 Å². The van der Waals surface area contributed by atoms with Crippen LogP contribution in [0.3, 0.4) is 0 Å². The van der Waals surface area contributed by atoms with E-state index >= 15 is 0 Å². The third-order valence-corrected chi connectivity index (χ3v) is 7.75. The molecule has 5 nitrogen and oxygen atoms in total. The predicted molar refractivity (Wildman–Crippen MR) is 103 cm³/mol. The Morgan fingerprint density at radius 2 is 2.12 bits per heavy atom. The Labute approximate surface area is 157 Å². The van der Waals surface area contributed by atoms with Crippen LogP contribution in [0.2, 0.25) is 0 Å². The van der Waals surface area contributed by atoms with Crippen LogP contribution in [0.1, 0.15) is 17.0 Å². The smallest absolute Gasteiger partial charge is 0.243 e. The van der Waals surface area contributed by atoms with Crippen LogP contribution in [0.5, 0.6) is 0 Å². The number of benzene rings is 1. The number of aliphatic hydroxyl groups excluding tert-OH is 1. The molecule has 0 radical (unpaired) electrons.